The third-order valence-electron chi connectivity index (χ3n) is 6.09. The molecule has 0 amide bonds. The van der Waals surface area contributed by atoms with Gasteiger partial charge in [-0.2, -0.15) is 0 Å². The lowest BCUT2D eigenvalue weighted by Crippen LogP contribution is -2.12. The summed E-state index contributed by atoms with van der Waals surface area (Å²) in [4.78, 5) is 16.7. The van der Waals surface area contributed by atoms with Crippen molar-refractivity contribution in [1.82, 2.24) is 4.98 Å². The molecular weight excluding hydrogens is 378 g/mol. The summed E-state index contributed by atoms with van der Waals surface area (Å²) in [7, 11) is 0. The third kappa shape index (κ3) is 5.74. The molecule has 0 radical (unpaired) electrons. The fourth-order valence-corrected chi connectivity index (χ4v) is 4.31. The van der Waals surface area contributed by atoms with E-state index in [4.69, 9.17) is 4.74 Å². The second-order valence-electron chi connectivity index (χ2n) is 8.34. The van der Waals surface area contributed by atoms with Crippen molar-refractivity contribution in [3.8, 4) is 11.6 Å². The molecule has 0 aliphatic heterocycles. The zero-order valence-corrected chi connectivity index (χ0v) is 17.9. The van der Waals surface area contributed by atoms with Crippen LogP contribution >= 0.6 is 0 Å². The van der Waals surface area contributed by atoms with Gasteiger partial charge in [0.1, 0.15) is 12.4 Å². The predicted molar refractivity (Wildman–Crippen MR) is 117 cm³/mol. The van der Waals surface area contributed by atoms with E-state index in [1.54, 1.807) is 6.92 Å². The Hall–Kier alpha value is -2.56. The molecule has 1 heterocycles. The quantitative estimate of drug-likeness (QED) is 0.589. The minimum Gasteiger partial charge on any atom is -0.507 e. The molecule has 0 spiro atoms. The summed E-state index contributed by atoms with van der Waals surface area (Å²) in [6, 6.07) is 9.38. The Morgan fingerprint density at radius 3 is 2.13 bits per heavy atom. The van der Waals surface area contributed by atoms with Crippen LogP contribution < -0.4 is 0 Å². The number of hydrogen-bond donors (Lipinski definition) is 2. The van der Waals surface area contributed by atoms with E-state index < -0.39 is 5.97 Å². The van der Waals surface area contributed by atoms with Crippen LogP contribution in [0, 0.1) is 6.92 Å². The number of aromatic nitrogens is 1. The maximum atomic E-state index is 12.5. The maximum Gasteiger partial charge on any atom is 0.357 e. The minimum absolute atomic E-state index is 0.0194. The fraction of sp³-hybridized carbons (Fsp3) is 0.520. The van der Waals surface area contributed by atoms with Crippen molar-refractivity contribution < 1.29 is 19.7 Å². The Morgan fingerprint density at radius 2 is 1.53 bits per heavy atom. The van der Waals surface area contributed by atoms with Crippen LogP contribution in [0.3, 0.4) is 0 Å². The van der Waals surface area contributed by atoms with Crippen LogP contribution in [0.15, 0.2) is 30.3 Å². The molecule has 0 saturated heterocycles. The van der Waals surface area contributed by atoms with E-state index in [0.717, 1.165) is 31.2 Å². The normalized spacial score (nSPS) is 16.6. The van der Waals surface area contributed by atoms with E-state index in [0.29, 0.717) is 11.1 Å². The second kappa shape index (κ2) is 11.0. The van der Waals surface area contributed by atoms with Gasteiger partial charge in [0.25, 0.3) is 0 Å². The summed E-state index contributed by atoms with van der Waals surface area (Å²) in [5, 5.41) is 21.5. The number of benzene rings is 1. The van der Waals surface area contributed by atoms with Crippen LogP contribution in [0.4, 0.5) is 0 Å². The van der Waals surface area contributed by atoms with Gasteiger partial charge < -0.3 is 14.9 Å². The standard InChI is InChI=1S/C25H33NO4/c1-18-22(25(29)30-17-19-13-9-8-10-14-19)26-24(28)21(23(18)27)20-15-11-6-4-2-3-5-7-12-16-20/h8-10,13-14,20H,2-7,11-12,15-17H2,1H3,(H2,26,27,28). The van der Waals surface area contributed by atoms with Crippen molar-refractivity contribution >= 4 is 5.97 Å². The van der Waals surface area contributed by atoms with Gasteiger partial charge in [-0.3, -0.25) is 0 Å². The molecule has 3 rings (SSSR count). The summed E-state index contributed by atoms with van der Waals surface area (Å²) < 4.78 is 5.35. The number of esters is 1. The number of pyridine rings is 1. The van der Waals surface area contributed by atoms with Gasteiger partial charge in [-0.05, 0) is 31.2 Å². The first-order chi connectivity index (χ1) is 14.6. The van der Waals surface area contributed by atoms with Crippen molar-refractivity contribution in [3.63, 3.8) is 0 Å². The van der Waals surface area contributed by atoms with Gasteiger partial charge in [-0.1, -0.05) is 81.7 Å². The summed E-state index contributed by atoms with van der Waals surface area (Å²) in [6.07, 6.45) is 11.4. The van der Waals surface area contributed by atoms with Gasteiger partial charge in [-0.15, -0.1) is 0 Å². The molecule has 2 aromatic rings. The van der Waals surface area contributed by atoms with E-state index in [9.17, 15) is 15.0 Å². The van der Waals surface area contributed by atoms with Crippen molar-refractivity contribution in [2.45, 2.75) is 83.7 Å². The van der Waals surface area contributed by atoms with Gasteiger partial charge in [0.15, 0.2) is 5.69 Å². The largest absolute Gasteiger partial charge is 0.507 e. The van der Waals surface area contributed by atoms with E-state index in [1.165, 1.54) is 38.5 Å². The van der Waals surface area contributed by atoms with E-state index in [1.807, 2.05) is 30.3 Å². The number of nitrogens with zero attached hydrogens (tertiary/aromatic N) is 1. The van der Waals surface area contributed by atoms with Crippen LogP contribution in [-0.4, -0.2) is 21.2 Å². The molecule has 1 aromatic heterocycles. The van der Waals surface area contributed by atoms with Crippen LogP contribution in [0.2, 0.25) is 0 Å². The average molecular weight is 412 g/mol. The van der Waals surface area contributed by atoms with Gasteiger partial charge in [-0.25, -0.2) is 9.78 Å². The predicted octanol–water partition coefficient (Wildman–Crippen LogP) is 6.16. The molecule has 30 heavy (non-hydrogen) atoms. The van der Waals surface area contributed by atoms with Crippen molar-refractivity contribution in [3.05, 3.63) is 52.7 Å². The zero-order chi connectivity index (χ0) is 21.3. The summed E-state index contributed by atoms with van der Waals surface area (Å²) >= 11 is 0. The first-order valence-corrected chi connectivity index (χ1v) is 11.2. The Morgan fingerprint density at radius 1 is 0.967 bits per heavy atom. The summed E-state index contributed by atoms with van der Waals surface area (Å²) in [6.45, 7) is 1.78. The third-order valence-corrected chi connectivity index (χ3v) is 6.09. The molecule has 162 valence electrons. The van der Waals surface area contributed by atoms with Gasteiger partial charge in [0.05, 0.1) is 5.56 Å². The lowest BCUT2D eigenvalue weighted by molar-refractivity contribution is 0.0463. The Bertz CT molecular complexity index is 823. The summed E-state index contributed by atoms with van der Waals surface area (Å²) in [5.41, 5.74) is 1.70. The smallest absolute Gasteiger partial charge is 0.357 e. The van der Waals surface area contributed by atoms with E-state index >= 15 is 0 Å². The van der Waals surface area contributed by atoms with E-state index in [2.05, 4.69) is 4.98 Å². The number of carbonyl (C=O) groups excluding carboxylic acids is 1. The molecule has 1 saturated carbocycles. The molecule has 5 heteroatoms. The lowest BCUT2D eigenvalue weighted by atomic mass is 9.87. The summed E-state index contributed by atoms with van der Waals surface area (Å²) in [5.74, 6) is -0.849. The first kappa shape index (κ1) is 22.1. The molecule has 2 N–H and O–H groups in total. The van der Waals surface area contributed by atoms with Crippen LogP contribution in [0.5, 0.6) is 11.6 Å². The highest BCUT2D eigenvalue weighted by Gasteiger charge is 2.27. The number of carbonyl (C=O) groups is 1. The minimum atomic E-state index is -0.643. The van der Waals surface area contributed by atoms with Crippen molar-refractivity contribution in [2.24, 2.45) is 0 Å². The van der Waals surface area contributed by atoms with Gasteiger partial charge in [0.2, 0.25) is 5.88 Å². The highest BCUT2D eigenvalue weighted by Crippen LogP contribution is 2.41. The SMILES string of the molecule is Cc1c(C(=O)OCc2ccccc2)nc(O)c(C2CCCCCCCCCC2)c1O. The van der Waals surface area contributed by atoms with Crippen LogP contribution in [-0.2, 0) is 11.3 Å². The molecule has 1 fully saturated rings. The molecular formula is C25H33NO4. The molecule has 1 aromatic carbocycles. The fourth-order valence-electron chi connectivity index (χ4n) is 4.31. The Balaban J connectivity index is 1.77. The number of rotatable bonds is 4. The Kier molecular flexibility index (Phi) is 8.12. The highest BCUT2D eigenvalue weighted by molar-refractivity contribution is 5.90. The molecule has 5 nitrogen and oxygen atoms in total. The first-order valence-electron chi connectivity index (χ1n) is 11.2. The topological polar surface area (TPSA) is 79.7 Å². The second-order valence-corrected chi connectivity index (χ2v) is 8.34. The van der Waals surface area contributed by atoms with Gasteiger partial charge in [0, 0.05) is 5.56 Å². The molecule has 0 unspecified atom stereocenters. The number of ether oxygens (including phenoxy) is 1. The lowest BCUT2D eigenvalue weighted by Gasteiger charge is -2.21. The highest BCUT2D eigenvalue weighted by atomic mass is 16.5. The molecule has 0 atom stereocenters. The molecule has 1 aliphatic rings. The van der Waals surface area contributed by atoms with E-state index in [-0.39, 0.29) is 29.8 Å². The monoisotopic (exact) mass is 411 g/mol. The van der Waals surface area contributed by atoms with Crippen LogP contribution in [0.1, 0.15) is 97.3 Å². The average Bonchev–Trinajstić information content (AvgIpc) is 2.81. The molecule has 1 aliphatic carbocycles. The van der Waals surface area contributed by atoms with Gasteiger partial charge >= 0.3 is 5.97 Å². The Labute approximate surface area is 179 Å². The zero-order valence-electron chi connectivity index (χ0n) is 17.9. The maximum absolute atomic E-state index is 12.5. The van der Waals surface area contributed by atoms with Crippen molar-refractivity contribution in [2.75, 3.05) is 0 Å². The molecule has 0 bridgehead atoms. The number of aromatic hydroxyl groups is 2. The number of hydrogen-bond acceptors (Lipinski definition) is 5. The van der Waals surface area contributed by atoms with Crippen LogP contribution in [0.25, 0.3) is 0 Å². The van der Waals surface area contributed by atoms with Crippen molar-refractivity contribution in [1.29, 1.82) is 0 Å².